The van der Waals surface area contributed by atoms with E-state index in [9.17, 15) is 4.39 Å². The van der Waals surface area contributed by atoms with Crippen molar-refractivity contribution in [1.82, 2.24) is 0 Å². The van der Waals surface area contributed by atoms with E-state index in [1.807, 2.05) is 12.1 Å². The Morgan fingerprint density at radius 3 is 2.67 bits per heavy atom. The van der Waals surface area contributed by atoms with Crippen LogP contribution in [0.1, 0.15) is 33.1 Å². The summed E-state index contributed by atoms with van der Waals surface area (Å²) in [6.07, 6.45) is 3.24. The van der Waals surface area contributed by atoms with Gasteiger partial charge in [-0.1, -0.05) is 32.4 Å². The lowest BCUT2D eigenvalue weighted by atomic mass is 10.0. The van der Waals surface area contributed by atoms with Crippen molar-refractivity contribution < 1.29 is 4.39 Å². The SMILES string of the molecule is CCCC(C)CN(CCCN)c1ccccc1F. The third-order valence-electron chi connectivity index (χ3n) is 3.14. The topological polar surface area (TPSA) is 29.3 Å². The molecule has 0 saturated carbocycles. The number of nitrogens with zero attached hydrogens (tertiary/aromatic N) is 1. The Bertz CT molecular complexity index is 341. The van der Waals surface area contributed by atoms with Gasteiger partial charge in [-0.2, -0.15) is 0 Å². The van der Waals surface area contributed by atoms with E-state index in [-0.39, 0.29) is 5.82 Å². The smallest absolute Gasteiger partial charge is 0.146 e. The Balaban J connectivity index is 2.74. The van der Waals surface area contributed by atoms with Gasteiger partial charge in [0, 0.05) is 13.1 Å². The second-order valence-corrected chi connectivity index (χ2v) is 4.93. The zero-order valence-electron chi connectivity index (χ0n) is 11.5. The molecule has 0 amide bonds. The first-order valence-electron chi connectivity index (χ1n) is 6.88. The molecule has 18 heavy (non-hydrogen) atoms. The Labute approximate surface area is 110 Å². The molecule has 0 spiro atoms. The number of rotatable bonds is 8. The molecule has 3 heteroatoms. The molecule has 0 radical (unpaired) electrons. The molecular formula is C15H25FN2. The summed E-state index contributed by atoms with van der Waals surface area (Å²) in [6, 6.07) is 6.99. The van der Waals surface area contributed by atoms with Crippen LogP contribution in [-0.4, -0.2) is 19.6 Å². The van der Waals surface area contributed by atoms with E-state index < -0.39 is 0 Å². The van der Waals surface area contributed by atoms with Gasteiger partial charge in [-0.25, -0.2) is 4.39 Å². The molecule has 0 bridgehead atoms. The van der Waals surface area contributed by atoms with E-state index in [1.54, 1.807) is 6.07 Å². The van der Waals surface area contributed by atoms with Crippen molar-refractivity contribution in [2.45, 2.75) is 33.1 Å². The van der Waals surface area contributed by atoms with Gasteiger partial charge < -0.3 is 10.6 Å². The van der Waals surface area contributed by atoms with Gasteiger partial charge in [-0.15, -0.1) is 0 Å². The van der Waals surface area contributed by atoms with Crippen LogP contribution in [0.2, 0.25) is 0 Å². The molecule has 1 aromatic carbocycles. The highest BCUT2D eigenvalue weighted by molar-refractivity contribution is 5.47. The standard InChI is InChI=1S/C15H25FN2/c1-3-7-13(2)12-18(11-6-10-17)15-9-5-4-8-14(15)16/h4-5,8-9,13H,3,6-7,10-12,17H2,1-2H3. The van der Waals surface area contributed by atoms with E-state index in [1.165, 1.54) is 18.9 Å². The van der Waals surface area contributed by atoms with Gasteiger partial charge in [-0.05, 0) is 37.4 Å². The predicted molar refractivity (Wildman–Crippen MR) is 76.4 cm³/mol. The van der Waals surface area contributed by atoms with Gasteiger partial charge in [0.1, 0.15) is 5.82 Å². The Kier molecular flexibility index (Phi) is 6.73. The van der Waals surface area contributed by atoms with Crippen LogP contribution >= 0.6 is 0 Å². The minimum atomic E-state index is -0.141. The van der Waals surface area contributed by atoms with Crippen molar-refractivity contribution in [3.63, 3.8) is 0 Å². The predicted octanol–water partition coefficient (Wildman–Crippen LogP) is 3.42. The Morgan fingerprint density at radius 1 is 1.33 bits per heavy atom. The molecule has 0 aliphatic carbocycles. The van der Waals surface area contributed by atoms with Crippen LogP contribution in [0, 0.1) is 11.7 Å². The second kappa shape index (κ2) is 8.09. The lowest BCUT2D eigenvalue weighted by Crippen LogP contribution is -2.31. The molecule has 102 valence electrons. The van der Waals surface area contributed by atoms with Crippen molar-refractivity contribution in [2.24, 2.45) is 11.7 Å². The van der Waals surface area contributed by atoms with E-state index in [0.29, 0.717) is 18.2 Å². The fraction of sp³-hybridized carbons (Fsp3) is 0.600. The summed E-state index contributed by atoms with van der Waals surface area (Å²) in [5.41, 5.74) is 6.26. The zero-order valence-corrected chi connectivity index (χ0v) is 11.5. The Hall–Kier alpha value is -1.09. The molecule has 0 aliphatic heterocycles. The number of benzene rings is 1. The normalized spacial score (nSPS) is 12.4. The summed E-state index contributed by atoms with van der Waals surface area (Å²) < 4.78 is 13.8. The maximum absolute atomic E-state index is 13.8. The van der Waals surface area contributed by atoms with Crippen LogP contribution in [0.3, 0.4) is 0 Å². The average molecular weight is 252 g/mol. The summed E-state index contributed by atoms with van der Waals surface area (Å²) in [5, 5.41) is 0. The lowest BCUT2D eigenvalue weighted by Gasteiger charge is -2.28. The molecule has 1 unspecified atom stereocenters. The van der Waals surface area contributed by atoms with Crippen LogP contribution in [0.15, 0.2) is 24.3 Å². The van der Waals surface area contributed by atoms with Gasteiger partial charge in [0.05, 0.1) is 5.69 Å². The summed E-state index contributed by atoms with van der Waals surface area (Å²) in [7, 11) is 0. The van der Waals surface area contributed by atoms with Gasteiger partial charge in [-0.3, -0.25) is 0 Å². The molecule has 2 N–H and O–H groups in total. The van der Waals surface area contributed by atoms with E-state index >= 15 is 0 Å². The van der Waals surface area contributed by atoms with Crippen LogP contribution in [-0.2, 0) is 0 Å². The number of halogens is 1. The first-order chi connectivity index (χ1) is 8.69. The molecule has 1 rings (SSSR count). The van der Waals surface area contributed by atoms with Gasteiger partial charge >= 0.3 is 0 Å². The molecular weight excluding hydrogens is 227 g/mol. The van der Waals surface area contributed by atoms with Crippen LogP contribution in [0.5, 0.6) is 0 Å². The highest BCUT2D eigenvalue weighted by atomic mass is 19.1. The second-order valence-electron chi connectivity index (χ2n) is 4.93. The number of hydrogen-bond donors (Lipinski definition) is 1. The molecule has 0 heterocycles. The summed E-state index contributed by atoms with van der Waals surface area (Å²) >= 11 is 0. The maximum atomic E-state index is 13.8. The van der Waals surface area contributed by atoms with Crippen LogP contribution < -0.4 is 10.6 Å². The molecule has 1 atom stereocenters. The zero-order chi connectivity index (χ0) is 13.4. The number of anilines is 1. The highest BCUT2D eigenvalue weighted by Crippen LogP contribution is 2.21. The minimum Gasteiger partial charge on any atom is -0.369 e. The van der Waals surface area contributed by atoms with Crippen molar-refractivity contribution in [2.75, 3.05) is 24.5 Å². The number of nitrogens with two attached hydrogens (primary N) is 1. The number of hydrogen-bond acceptors (Lipinski definition) is 2. The third-order valence-corrected chi connectivity index (χ3v) is 3.14. The highest BCUT2D eigenvalue weighted by Gasteiger charge is 2.13. The van der Waals surface area contributed by atoms with Crippen molar-refractivity contribution >= 4 is 5.69 Å². The van der Waals surface area contributed by atoms with Crippen molar-refractivity contribution in [3.8, 4) is 0 Å². The first kappa shape index (κ1) is 15.0. The van der Waals surface area contributed by atoms with Gasteiger partial charge in [0.25, 0.3) is 0 Å². The number of para-hydroxylation sites is 1. The monoisotopic (exact) mass is 252 g/mol. The third kappa shape index (κ3) is 4.65. The fourth-order valence-electron chi connectivity index (χ4n) is 2.26. The largest absolute Gasteiger partial charge is 0.369 e. The van der Waals surface area contributed by atoms with E-state index in [2.05, 4.69) is 18.7 Å². The molecule has 0 aromatic heterocycles. The Morgan fingerprint density at radius 2 is 2.06 bits per heavy atom. The van der Waals surface area contributed by atoms with Gasteiger partial charge in [0.15, 0.2) is 0 Å². The summed E-state index contributed by atoms with van der Waals surface area (Å²) in [6.45, 7) is 6.77. The van der Waals surface area contributed by atoms with Crippen molar-refractivity contribution in [1.29, 1.82) is 0 Å². The fourth-order valence-corrected chi connectivity index (χ4v) is 2.26. The molecule has 2 nitrogen and oxygen atoms in total. The van der Waals surface area contributed by atoms with E-state index in [4.69, 9.17) is 5.73 Å². The van der Waals surface area contributed by atoms with E-state index in [0.717, 1.165) is 19.5 Å². The molecule has 1 aromatic rings. The molecule has 0 fully saturated rings. The first-order valence-corrected chi connectivity index (χ1v) is 6.88. The maximum Gasteiger partial charge on any atom is 0.146 e. The summed E-state index contributed by atoms with van der Waals surface area (Å²) in [4.78, 5) is 2.13. The van der Waals surface area contributed by atoms with Gasteiger partial charge in [0.2, 0.25) is 0 Å². The lowest BCUT2D eigenvalue weighted by molar-refractivity contribution is 0.503. The minimum absolute atomic E-state index is 0.141. The van der Waals surface area contributed by atoms with Crippen molar-refractivity contribution in [3.05, 3.63) is 30.1 Å². The average Bonchev–Trinajstić information content (AvgIpc) is 2.35. The molecule has 0 saturated heterocycles. The van der Waals surface area contributed by atoms with Crippen LogP contribution in [0.25, 0.3) is 0 Å². The quantitative estimate of drug-likeness (QED) is 0.768. The molecule has 0 aliphatic rings. The van der Waals surface area contributed by atoms with Crippen LogP contribution in [0.4, 0.5) is 10.1 Å². The summed E-state index contributed by atoms with van der Waals surface area (Å²) in [5.74, 6) is 0.436.